The zero-order chi connectivity index (χ0) is 10.3. The Morgan fingerprint density at radius 2 is 2.40 bits per heavy atom. The molecule has 2 aliphatic rings. The molecule has 0 saturated carbocycles. The predicted molar refractivity (Wildman–Crippen MR) is 60.0 cm³/mol. The Bertz CT molecular complexity index is 351. The molecule has 4 heteroatoms. The third kappa shape index (κ3) is 1.53. The highest BCUT2D eigenvalue weighted by atomic mass is 15.3. The van der Waals surface area contributed by atoms with Crippen LogP contribution < -0.4 is 10.2 Å². The number of hydrogen-bond acceptors (Lipinski definition) is 3. The highest BCUT2D eigenvalue weighted by Crippen LogP contribution is 2.37. The molecular formula is C11H18N4. The maximum absolute atomic E-state index is 4.24. The quantitative estimate of drug-likeness (QED) is 0.731. The van der Waals surface area contributed by atoms with E-state index in [9.17, 15) is 0 Å². The maximum atomic E-state index is 4.24. The van der Waals surface area contributed by atoms with E-state index in [0.717, 1.165) is 0 Å². The van der Waals surface area contributed by atoms with E-state index in [1.165, 1.54) is 44.7 Å². The lowest BCUT2D eigenvalue weighted by molar-refractivity contribution is 0.369. The molecule has 82 valence electrons. The fourth-order valence-corrected chi connectivity index (χ4v) is 2.87. The van der Waals surface area contributed by atoms with Gasteiger partial charge in [0.2, 0.25) is 0 Å². The van der Waals surface area contributed by atoms with Crippen molar-refractivity contribution in [1.29, 1.82) is 0 Å². The van der Waals surface area contributed by atoms with E-state index >= 15 is 0 Å². The summed E-state index contributed by atoms with van der Waals surface area (Å²) in [4.78, 5) is 2.47. The average Bonchev–Trinajstić information content (AvgIpc) is 2.90. The van der Waals surface area contributed by atoms with Gasteiger partial charge in [0, 0.05) is 38.3 Å². The van der Waals surface area contributed by atoms with Gasteiger partial charge in [-0.1, -0.05) is 0 Å². The van der Waals surface area contributed by atoms with Crippen molar-refractivity contribution in [2.75, 3.05) is 31.1 Å². The van der Waals surface area contributed by atoms with Gasteiger partial charge >= 0.3 is 0 Å². The lowest BCUT2D eigenvalue weighted by atomic mass is 9.87. The lowest BCUT2D eigenvalue weighted by Crippen LogP contribution is -2.28. The summed E-state index contributed by atoms with van der Waals surface area (Å²) >= 11 is 0. The predicted octanol–water partition coefficient (Wildman–Crippen LogP) is 0.610. The molecule has 4 nitrogen and oxygen atoms in total. The van der Waals surface area contributed by atoms with Crippen LogP contribution in [0.25, 0.3) is 0 Å². The second-order valence-electron chi connectivity index (χ2n) is 4.97. The summed E-state index contributed by atoms with van der Waals surface area (Å²) in [5.41, 5.74) is 1.83. The number of anilines is 1. The van der Waals surface area contributed by atoms with Gasteiger partial charge in [-0.05, 0) is 19.4 Å². The Labute approximate surface area is 90.3 Å². The number of aromatic nitrogens is 2. The Kier molecular flexibility index (Phi) is 1.99. The van der Waals surface area contributed by atoms with Crippen molar-refractivity contribution >= 4 is 5.69 Å². The minimum atomic E-state index is 0.551. The minimum absolute atomic E-state index is 0.551. The average molecular weight is 206 g/mol. The summed E-state index contributed by atoms with van der Waals surface area (Å²) in [6.07, 6.45) is 6.75. The lowest BCUT2D eigenvalue weighted by Gasteiger charge is -2.22. The van der Waals surface area contributed by atoms with Crippen molar-refractivity contribution in [3.63, 3.8) is 0 Å². The summed E-state index contributed by atoms with van der Waals surface area (Å²) in [5.74, 6) is 0. The first kappa shape index (κ1) is 9.21. The third-order valence-corrected chi connectivity index (χ3v) is 3.83. The molecule has 2 saturated heterocycles. The smallest absolute Gasteiger partial charge is 0.0752 e. The molecule has 3 rings (SSSR count). The Morgan fingerprint density at radius 1 is 1.47 bits per heavy atom. The van der Waals surface area contributed by atoms with Gasteiger partial charge in [-0.2, -0.15) is 5.10 Å². The highest BCUT2D eigenvalue weighted by molar-refractivity contribution is 5.44. The minimum Gasteiger partial charge on any atom is -0.368 e. The Hall–Kier alpha value is -1.03. The van der Waals surface area contributed by atoms with Crippen LogP contribution in [0.3, 0.4) is 0 Å². The largest absolute Gasteiger partial charge is 0.368 e. The van der Waals surface area contributed by atoms with Crippen molar-refractivity contribution < 1.29 is 0 Å². The van der Waals surface area contributed by atoms with Gasteiger partial charge in [0.1, 0.15) is 0 Å². The summed E-state index contributed by atoms with van der Waals surface area (Å²) in [5, 5.41) is 7.72. The fraction of sp³-hybridized carbons (Fsp3) is 0.727. The van der Waals surface area contributed by atoms with Gasteiger partial charge in [-0.3, -0.25) is 4.68 Å². The standard InChI is InChI=1S/C11H18N4/c1-14-7-10(6-13-14)15-5-3-11(9-15)2-4-12-8-11/h6-7,12H,2-5,8-9H2,1H3. The van der Waals surface area contributed by atoms with Crippen molar-refractivity contribution in [3.8, 4) is 0 Å². The van der Waals surface area contributed by atoms with Crippen LogP contribution >= 0.6 is 0 Å². The molecule has 0 aliphatic carbocycles. The molecule has 2 aliphatic heterocycles. The first-order valence-corrected chi connectivity index (χ1v) is 5.72. The van der Waals surface area contributed by atoms with Crippen LogP contribution in [0.2, 0.25) is 0 Å². The molecule has 0 bridgehead atoms. The van der Waals surface area contributed by atoms with Crippen LogP contribution in [0.1, 0.15) is 12.8 Å². The number of nitrogens with one attached hydrogen (secondary N) is 1. The molecule has 15 heavy (non-hydrogen) atoms. The van der Waals surface area contributed by atoms with Crippen molar-refractivity contribution in [1.82, 2.24) is 15.1 Å². The molecule has 1 aromatic rings. The topological polar surface area (TPSA) is 33.1 Å². The van der Waals surface area contributed by atoms with E-state index in [1.807, 2.05) is 17.9 Å². The molecule has 0 amide bonds. The number of aryl methyl sites for hydroxylation is 1. The van der Waals surface area contributed by atoms with Gasteiger partial charge in [0.05, 0.1) is 11.9 Å². The second kappa shape index (κ2) is 3.23. The van der Waals surface area contributed by atoms with E-state index in [-0.39, 0.29) is 0 Å². The van der Waals surface area contributed by atoms with Crippen molar-refractivity contribution in [2.45, 2.75) is 12.8 Å². The number of hydrogen-bond donors (Lipinski definition) is 1. The van der Waals surface area contributed by atoms with Crippen LogP contribution in [-0.2, 0) is 7.05 Å². The molecule has 0 radical (unpaired) electrons. The summed E-state index contributed by atoms with van der Waals surface area (Å²) in [6.45, 7) is 4.78. The first-order chi connectivity index (χ1) is 7.27. The molecule has 1 unspecified atom stereocenters. The van der Waals surface area contributed by atoms with Crippen LogP contribution in [0, 0.1) is 5.41 Å². The van der Waals surface area contributed by atoms with Gasteiger partial charge in [-0.15, -0.1) is 0 Å². The molecule has 0 aromatic carbocycles. The Morgan fingerprint density at radius 3 is 3.07 bits per heavy atom. The fourth-order valence-electron chi connectivity index (χ4n) is 2.87. The summed E-state index contributed by atoms with van der Waals surface area (Å²) < 4.78 is 1.88. The van der Waals surface area contributed by atoms with Gasteiger partial charge in [0.15, 0.2) is 0 Å². The SMILES string of the molecule is Cn1cc(N2CCC3(CCNC3)C2)cn1. The van der Waals surface area contributed by atoms with Crippen LogP contribution in [0.5, 0.6) is 0 Å². The third-order valence-electron chi connectivity index (χ3n) is 3.83. The number of nitrogens with zero attached hydrogens (tertiary/aromatic N) is 3. The van der Waals surface area contributed by atoms with Crippen LogP contribution in [-0.4, -0.2) is 36.0 Å². The van der Waals surface area contributed by atoms with Gasteiger partial charge in [0.25, 0.3) is 0 Å². The molecule has 1 N–H and O–H groups in total. The normalized spacial score (nSPS) is 30.6. The maximum Gasteiger partial charge on any atom is 0.0752 e. The summed E-state index contributed by atoms with van der Waals surface area (Å²) in [6, 6.07) is 0. The van der Waals surface area contributed by atoms with E-state index in [1.54, 1.807) is 0 Å². The van der Waals surface area contributed by atoms with Crippen LogP contribution in [0.15, 0.2) is 12.4 Å². The Balaban J connectivity index is 1.75. The van der Waals surface area contributed by atoms with Gasteiger partial charge < -0.3 is 10.2 Å². The monoisotopic (exact) mass is 206 g/mol. The van der Waals surface area contributed by atoms with Crippen molar-refractivity contribution in [3.05, 3.63) is 12.4 Å². The molecular weight excluding hydrogens is 188 g/mol. The van der Waals surface area contributed by atoms with Gasteiger partial charge in [-0.25, -0.2) is 0 Å². The van der Waals surface area contributed by atoms with E-state index in [0.29, 0.717) is 5.41 Å². The second-order valence-corrected chi connectivity index (χ2v) is 4.97. The molecule has 1 atom stereocenters. The zero-order valence-electron chi connectivity index (χ0n) is 9.24. The summed E-state index contributed by atoms with van der Waals surface area (Å²) in [7, 11) is 1.98. The van der Waals surface area contributed by atoms with E-state index in [4.69, 9.17) is 0 Å². The molecule has 1 spiro atoms. The first-order valence-electron chi connectivity index (χ1n) is 5.72. The highest BCUT2D eigenvalue weighted by Gasteiger charge is 2.40. The molecule has 2 fully saturated rings. The van der Waals surface area contributed by atoms with Crippen molar-refractivity contribution in [2.24, 2.45) is 12.5 Å². The van der Waals surface area contributed by atoms with E-state index in [2.05, 4.69) is 21.5 Å². The zero-order valence-corrected chi connectivity index (χ0v) is 9.24. The molecule has 1 aromatic heterocycles. The molecule has 3 heterocycles. The number of rotatable bonds is 1. The van der Waals surface area contributed by atoms with E-state index < -0.39 is 0 Å². The van der Waals surface area contributed by atoms with Crippen LogP contribution in [0.4, 0.5) is 5.69 Å².